The van der Waals surface area contributed by atoms with Crippen LogP contribution in [-0.4, -0.2) is 0 Å². The molecule has 0 heterocycles. The summed E-state index contributed by atoms with van der Waals surface area (Å²) < 4.78 is 47.6. The van der Waals surface area contributed by atoms with E-state index in [4.69, 9.17) is 0 Å². The van der Waals surface area contributed by atoms with Crippen LogP contribution in [0.25, 0.3) is 0 Å². The summed E-state index contributed by atoms with van der Waals surface area (Å²) in [7, 11) is 0. The zero-order valence-corrected chi connectivity index (χ0v) is 5.98. The largest absolute Gasteiger partial charge is 0.263 e. The van der Waals surface area contributed by atoms with Crippen LogP contribution in [0.3, 0.4) is 0 Å². The molecule has 0 unspecified atom stereocenters. The van der Waals surface area contributed by atoms with Crippen LogP contribution in [0.15, 0.2) is 24.3 Å². The van der Waals surface area contributed by atoms with E-state index in [0.717, 1.165) is 24.3 Å². The molecule has 0 radical (unpaired) electrons. The van der Waals surface area contributed by atoms with Crippen molar-refractivity contribution in [1.29, 1.82) is 0 Å². The molecule has 0 N–H and O–H groups in total. The van der Waals surface area contributed by atoms with Crippen LogP contribution in [0.1, 0.15) is 24.0 Å². The van der Waals surface area contributed by atoms with Gasteiger partial charge in [0.15, 0.2) is 0 Å². The van der Waals surface area contributed by atoms with Gasteiger partial charge in [-0.1, -0.05) is 24.3 Å². The Hall–Kier alpha value is -1.06. The van der Waals surface area contributed by atoms with E-state index < -0.39 is 12.9 Å². The van der Waals surface area contributed by atoms with Gasteiger partial charge in [-0.15, -0.1) is 0 Å². The lowest BCUT2D eigenvalue weighted by molar-refractivity contribution is 0.147. The standard InChI is InChI=1S/C8H6F4/c9-7(10)5-1-2-6(4-3-5)8(11)12/h1-4,7-8H. The minimum absolute atomic E-state index is 0.237. The summed E-state index contributed by atoms with van der Waals surface area (Å²) >= 11 is 0. The molecule has 0 aliphatic heterocycles. The first-order chi connectivity index (χ1) is 5.61. The van der Waals surface area contributed by atoms with Gasteiger partial charge in [-0.05, 0) is 0 Å². The number of rotatable bonds is 2. The number of alkyl halides is 4. The van der Waals surface area contributed by atoms with Gasteiger partial charge in [-0.2, -0.15) is 0 Å². The van der Waals surface area contributed by atoms with Crippen molar-refractivity contribution < 1.29 is 17.6 Å². The van der Waals surface area contributed by atoms with Crippen LogP contribution in [0.4, 0.5) is 17.6 Å². The van der Waals surface area contributed by atoms with Crippen molar-refractivity contribution in [3.8, 4) is 0 Å². The smallest absolute Gasteiger partial charge is 0.205 e. The molecule has 0 saturated carbocycles. The molecule has 12 heavy (non-hydrogen) atoms. The third-order valence-corrected chi connectivity index (χ3v) is 1.44. The lowest BCUT2D eigenvalue weighted by atomic mass is 10.1. The summed E-state index contributed by atoms with van der Waals surface area (Å²) in [4.78, 5) is 0. The van der Waals surface area contributed by atoms with Crippen molar-refractivity contribution >= 4 is 0 Å². The summed E-state index contributed by atoms with van der Waals surface area (Å²) in [5.74, 6) is 0. The van der Waals surface area contributed by atoms with E-state index in [1.807, 2.05) is 0 Å². The third kappa shape index (κ3) is 1.96. The molecule has 0 bridgehead atoms. The second-order valence-corrected chi connectivity index (χ2v) is 2.27. The molecule has 1 aromatic carbocycles. The summed E-state index contributed by atoms with van der Waals surface area (Å²) in [6.07, 6.45) is -5.20. The molecule has 4 heteroatoms. The minimum atomic E-state index is -2.60. The molecule has 0 nitrogen and oxygen atoms in total. The Morgan fingerprint density at radius 1 is 0.667 bits per heavy atom. The van der Waals surface area contributed by atoms with Crippen LogP contribution in [-0.2, 0) is 0 Å². The lowest BCUT2D eigenvalue weighted by Crippen LogP contribution is -1.87. The monoisotopic (exact) mass is 178 g/mol. The van der Waals surface area contributed by atoms with Crippen LogP contribution < -0.4 is 0 Å². The Morgan fingerprint density at radius 3 is 1.08 bits per heavy atom. The van der Waals surface area contributed by atoms with Crippen molar-refractivity contribution in [3.05, 3.63) is 35.4 Å². The summed E-state index contributed by atoms with van der Waals surface area (Å²) in [6, 6.07) is 4.02. The number of benzene rings is 1. The van der Waals surface area contributed by atoms with E-state index in [1.54, 1.807) is 0 Å². The Bertz CT molecular complexity index is 213. The molecule has 0 atom stereocenters. The number of hydrogen-bond acceptors (Lipinski definition) is 0. The fourth-order valence-electron chi connectivity index (χ4n) is 0.787. The highest BCUT2D eigenvalue weighted by Crippen LogP contribution is 2.23. The average molecular weight is 178 g/mol. The highest BCUT2D eigenvalue weighted by molar-refractivity contribution is 5.23. The van der Waals surface area contributed by atoms with Crippen LogP contribution in [0, 0.1) is 0 Å². The maximum absolute atomic E-state index is 11.9. The molecule has 0 amide bonds. The first-order valence-corrected chi connectivity index (χ1v) is 3.27. The highest BCUT2D eigenvalue weighted by atomic mass is 19.3. The van der Waals surface area contributed by atoms with Gasteiger partial charge in [0, 0.05) is 11.1 Å². The molecule has 0 aromatic heterocycles. The quantitative estimate of drug-likeness (QED) is 0.607. The molecule has 0 saturated heterocycles. The molecule has 0 fully saturated rings. The number of hydrogen-bond donors (Lipinski definition) is 0. The maximum Gasteiger partial charge on any atom is 0.263 e. The van der Waals surface area contributed by atoms with E-state index in [9.17, 15) is 17.6 Å². The fraction of sp³-hybridized carbons (Fsp3) is 0.250. The topological polar surface area (TPSA) is 0 Å². The summed E-state index contributed by atoms with van der Waals surface area (Å²) in [5.41, 5.74) is -0.473. The van der Waals surface area contributed by atoms with E-state index in [1.165, 1.54) is 0 Å². The molecule has 0 aliphatic carbocycles. The summed E-state index contributed by atoms with van der Waals surface area (Å²) in [6.45, 7) is 0. The van der Waals surface area contributed by atoms with Gasteiger partial charge in [-0.3, -0.25) is 0 Å². The second kappa shape index (κ2) is 3.56. The van der Waals surface area contributed by atoms with E-state index >= 15 is 0 Å². The van der Waals surface area contributed by atoms with Crippen molar-refractivity contribution in [1.82, 2.24) is 0 Å². The van der Waals surface area contributed by atoms with Gasteiger partial charge in [0.25, 0.3) is 12.9 Å². The molecule has 1 aromatic rings. The maximum atomic E-state index is 11.9. The molecule has 0 aliphatic rings. The second-order valence-electron chi connectivity index (χ2n) is 2.27. The van der Waals surface area contributed by atoms with Crippen molar-refractivity contribution in [2.24, 2.45) is 0 Å². The van der Waals surface area contributed by atoms with Gasteiger partial charge in [0.05, 0.1) is 0 Å². The molecular weight excluding hydrogens is 172 g/mol. The van der Waals surface area contributed by atoms with Crippen LogP contribution in [0.2, 0.25) is 0 Å². The van der Waals surface area contributed by atoms with E-state index in [-0.39, 0.29) is 11.1 Å². The molecule has 66 valence electrons. The number of halogens is 4. The Morgan fingerprint density at radius 2 is 0.917 bits per heavy atom. The van der Waals surface area contributed by atoms with E-state index in [2.05, 4.69) is 0 Å². The van der Waals surface area contributed by atoms with Crippen molar-refractivity contribution in [2.45, 2.75) is 12.9 Å². The molecule has 1 rings (SSSR count). The highest BCUT2D eigenvalue weighted by Gasteiger charge is 2.09. The van der Waals surface area contributed by atoms with Crippen LogP contribution in [0.5, 0.6) is 0 Å². The van der Waals surface area contributed by atoms with E-state index in [0.29, 0.717) is 0 Å². The SMILES string of the molecule is FC(F)c1ccc(C(F)F)cc1. The Kier molecular flexibility index (Phi) is 2.68. The molecular formula is C8H6F4. The summed E-state index contributed by atoms with van der Waals surface area (Å²) in [5, 5.41) is 0. The van der Waals surface area contributed by atoms with Crippen molar-refractivity contribution in [3.63, 3.8) is 0 Å². The lowest BCUT2D eigenvalue weighted by Gasteiger charge is -2.01. The normalized spacial score (nSPS) is 11.2. The van der Waals surface area contributed by atoms with Crippen LogP contribution >= 0.6 is 0 Å². The third-order valence-electron chi connectivity index (χ3n) is 1.44. The average Bonchev–Trinajstić information content (AvgIpc) is 2.04. The minimum Gasteiger partial charge on any atom is -0.205 e. The zero-order chi connectivity index (χ0) is 9.14. The zero-order valence-electron chi connectivity index (χ0n) is 5.98. The van der Waals surface area contributed by atoms with Gasteiger partial charge < -0.3 is 0 Å². The van der Waals surface area contributed by atoms with Gasteiger partial charge >= 0.3 is 0 Å². The van der Waals surface area contributed by atoms with Gasteiger partial charge in [0.1, 0.15) is 0 Å². The predicted octanol–water partition coefficient (Wildman–Crippen LogP) is 3.56. The van der Waals surface area contributed by atoms with Gasteiger partial charge in [0.2, 0.25) is 0 Å². The van der Waals surface area contributed by atoms with Gasteiger partial charge in [-0.25, -0.2) is 17.6 Å². The Balaban J connectivity index is 2.86. The molecule has 0 spiro atoms. The Labute approximate surface area is 66.8 Å². The first kappa shape index (κ1) is 9.03. The predicted molar refractivity (Wildman–Crippen MR) is 36.4 cm³/mol. The first-order valence-electron chi connectivity index (χ1n) is 3.27. The van der Waals surface area contributed by atoms with Crippen molar-refractivity contribution in [2.75, 3.05) is 0 Å². The fourth-order valence-corrected chi connectivity index (χ4v) is 0.787.